The Bertz CT molecular complexity index is 325. The zero-order chi connectivity index (χ0) is 12.1. The second kappa shape index (κ2) is 6.06. The Morgan fingerprint density at radius 3 is 2.65 bits per heavy atom. The highest BCUT2D eigenvalue weighted by atomic mass is 15.1. The number of hydrogen-bond acceptors (Lipinski definition) is 2. The van der Waals surface area contributed by atoms with E-state index in [0.717, 1.165) is 12.6 Å². The van der Waals surface area contributed by atoms with Gasteiger partial charge in [0.25, 0.3) is 0 Å². The van der Waals surface area contributed by atoms with Crippen LogP contribution in [0.2, 0.25) is 0 Å². The number of nitrogens with zero attached hydrogens (tertiary/aromatic N) is 1. The first-order valence-electron chi connectivity index (χ1n) is 6.77. The van der Waals surface area contributed by atoms with Crippen molar-refractivity contribution in [2.24, 2.45) is 0 Å². The standard InChI is InChI=1S/C15H24N2/c1-13-6-8-15(9-7-13)17(2)12-10-14-5-3-4-11-16-14/h6-9,14,16H,3-5,10-12H2,1-2H3. The van der Waals surface area contributed by atoms with Crippen molar-refractivity contribution in [2.75, 3.05) is 25.0 Å². The lowest BCUT2D eigenvalue weighted by atomic mass is 10.0. The fourth-order valence-electron chi connectivity index (χ4n) is 2.45. The molecule has 0 aromatic heterocycles. The van der Waals surface area contributed by atoms with Crippen molar-refractivity contribution < 1.29 is 0 Å². The molecule has 94 valence electrons. The molecule has 1 atom stereocenters. The average Bonchev–Trinajstić information content (AvgIpc) is 2.38. The highest BCUT2D eigenvalue weighted by Crippen LogP contribution is 2.16. The van der Waals surface area contributed by atoms with Crippen LogP contribution in [0.4, 0.5) is 5.69 Å². The summed E-state index contributed by atoms with van der Waals surface area (Å²) in [5, 5.41) is 3.61. The number of benzene rings is 1. The molecule has 1 heterocycles. The van der Waals surface area contributed by atoms with Crippen LogP contribution in [-0.4, -0.2) is 26.2 Å². The first kappa shape index (κ1) is 12.4. The largest absolute Gasteiger partial charge is 0.375 e. The van der Waals surface area contributed by atoms with Crippen molar-refractivity contribution in [1.82, 2.24) is 5.32 Å². The van der Waals surface area contributed by atoms with Crippen LogP contribution in [-0.2, 0) is 0 Å². The third kappa shape index (κ3) is 3.74. The van der Waals surface area contributed by atoms with Gasteiger partial charge >= 0.3 is 0 Å². The molecule has 17 heavy (non-hydrogen) atoms. The predicted molar refractivity (Wildman–Crippen MR) is 74.7 cm³/mol. The van der Waals surface area contributed by atoms with E-state index >= 15 is 0 Å². The molecule has 0 bridgehead atoms. The molecule has 1 aliphatic heterocycles. The van der Waals surface area contributed by atoms with Crippen molar-refractivity contribution in [3.8, 4) is 0 Å². The smallest absolute Gasteiger partial charge is 0.0363 e. The first-order chi connectivity index (χ1) is 8.25. The normalized spacial score (nSPS) is 20.2. The van der Waals surface area contributed by atoms with E-state index in [1.165, 1.54) is 43.5 Å². The lowest BCUT2D eigenvalue weighted by Crippen LogP contribution is -2.36. The van der Waals surface area contributed by atoms with Crippen LogP contribution in [0.15, 0.2) is 24.3 Å². The van der Waals surface area contributed by atoms with E-state index in [0.29, 0.717) is 0 Å². The Hall–Kier alpha value is -1.02. The SMILES string of the molecule is Cc1ccc(N(C)CCC2CCCCN2)cc1. The molecule has 0 amide bonds. The van der Waals surface area contributed by atoms with Gasteiger partial charge in [0.05, 0.1) is 0 Å². The minimum Gasteiger partial charge on any atom is -0.375 e. The molecule has 1 aliphatic rings. The van der Waals surface area contributed by atoms with E-state index < -0.39 is 0 Å². The maximum atomic E-state index is 3.61. The van der Waals surface area contributed by atoms with Crippen LogP contribution >= 0.6 is 0 Å². The monoisotopic (exact) mass is 232 g/mol. The highest BCUT2D eigenvalue weighted by molar-refractivity contribution is 5.46. The fraction of sp³-hybridized carbons (Fsp3) is 0.600. The van der Waals surface area contributed by atoms with Crippen molar-refractivity contribution in [3.63, 3.8) is 0 Å². The minimum atomic E-state index is 0.733. The number of rotatable bonds is 4. The molecule has 2 nitrogen and oxygen atoms in total. The zero-order valence-electron chi connectivity index (χ0n) is 11.1. The van der Waals surface area contributed by atoms with Gasteiger partial charge in [-0.15, -0.1) is 0 Å². The van der Waals surface area contributed by atoms with Crippen molar-refractivity contribution in [2.45, 2.75) is 38.6 Å². The topological polar surface area (TPSA) is 15.3 Å². The lowest BCUT2D eigenvalue weighted by molar-refractivity contribution is 0.384. The third-order valence-corrected chi connectivity index (χ3v) is 3.70. The molecule has 1 aromatic rings. The van der Waals surface area contributed by atoms with Gasteiger partial charge in [-0.2, -0.15) is 0 Å². The van der Waals surface area contributed by atoms with Crippen molar-refractivity contribution in [1.29, 1.82) is 0 Å². The third-order valence-electron chi connectivity index (χ3n) is 3.70. The Labute approximate surface area is 105 Å². The van der Waals surface area contributed by atoms with Crippen LogP contribution < -0.4 is 10.2 Å². The quantitative estimate of drug-likeness (QED) is 0.858. The van der Waals surface area contributed by atoms with Gasteiger partial charge in [0, 0.05) is 25.3 Å². The molecule has 0 aliphatic carbocycles. The van der Waals surface area contributed by atoms with Gasteiger partial charge in [-0.3, -0.25) is 0 Å². The number of hydrogen-bond donors (Lipinski definition) is 1. The minimum absolute atomic E-state index is 0.733. The van der Waals surface area contributed by atoms with E-state index in [9.17, 15) is 0 Å². The summed E-state index contributed by atoms with van der Waals surface area (Å²) in [7, 11) is 2.19. The maximum Gasteiger partial charge on any atom is 0.0363 e. The molecule has 2 heteroatoms. The first-order valence-corrected chi connectivity index (χ1v) is 6.77. The highest BCUT2D eigenvalue weighted by Gasteiger charge is 2.12. The molecule has 2 rings (SSSR count). The molecular weight excluding hydrogens is 208 g/mol. The van der Waals surface area contributed by atoms with Gasteiger partial charge < -0.3 is 10.2 Å². The molecule has 1 aromatic carbocycles. The molecule has 1 fully saturated rings. The van der Waals surface area contributed by atoms with Gasteiger partial charge in [-0.05, 0) is 44.9 Å². The number of nitrogens with one attached hydrogen (secondary N) is 1. The summed E-state index contributed by atoms with van der Waals surface area (Å²) in [5.74, 6) is 0. The zero-order valence-corrected chi connectivity index (χ0v) is 11.1. The van der Waals surface area contributed by atoms with Gasteiger partial charge in [-0.1, -0.05) is 24.1 Å². The Morgan fingerprint density at radius 2 is 2.00 bits per heavy atom. The van der Waals surface area contributed by atoms with Crippen LogP contribution in [0.3, 0.4) is 0 Å². The van der Waals surface area contributed by atoms with E-state index in [-0.39, 0.29) is 0 Å². The van der Waals surface area contributed by atoms with Crippen LogP contribution in [0, 0.1) is 6.92 Å². The maximum absolute atomic E-state index is 3.61. The van der Waals surface area contributed by atoms with Crippen LogP contribution in [0.25, 0.3) is 0 Å². The lowest BCUT2D eigenvalue weighted by Gasteiger charge is -2.27. The molecule has 1 saturated heterocycles. The molecule has 1 unspecified atom stereocenters. The molecule has 1 N–H and O–H groups in total. The average molecular weight is 232 g/mol. The van der Waals surface area contributed by atoms with Crippen molar-refractivity contribution in [3.05, 3.63) is 29.8 Å². The van der Waals surface area contributed by atoms with Gasteiger partial charge in [0.1, 0.15) is 0 Å². The van der Waals surface area contributed by atoms with Gasteiger partial charge in [0.2, 0.25) is 0 Å². The van der Waals surface area contributed by atoms with Crippen molar-refractivity contribution >= 4 is 5.69 Å². The van der Waals surface area contributed by atoms with Gasteiger partial charge in [-0.25, -0.2) is 0 Å². The second-order valence-electron chi connectivity index (χ2n) is 5.19. The summed E-state index contributed by atoms with van der Waals surface area (Å²) in [6.07, 6.45) is 5.35. The van der Waals surface area contributed by atoms with Gasteiger partial charge in [0.15, 0.2) is 0 Å². The second-order valence-corrected chi connectivity index (χ2v) is 5.19. The van der Waals surface area contributed by atoms with E-state index in [4.69, 9.17) is 0 Å². The Morgan fingerprint density at radius 1 is 1.24 bits per heavy atom. The summed E-state index contributed by atoms with van der Waals surface area (Å²) in [4.78, 5) is 2.36. The summed E-state index contributed by atoms with van der Waals surface area (Å²) >= 11 is 0. The fourth-order valence-corrected chi connectivity index (χ4v) is 2.45. The van der Waals surface area contributed by atoms with E-state index in [1.54, 1.807) is 0 Å². The Balaban J connectivity index is 1.80. The number of aryl methyl sites for hydroxylation is 1. The summed E-state index contributed by atoms with van der Waals surface area (Å²) < 4.78 is 0. The van der Waals surface area contributed by atoms with E-state index in [2.05, 4.69) is 48.5 Å². The summed E-state index contributed by atoms with van der Waals surface area (Å²) in [6, 6.07) is 9.53. The Kier molecular flexibility index (Phi) is 4.43. The number of piperidine rings is 1. The van der Waals surface area contributed by atoms with Crippen LogP contribution in [0.5, 0.6) is 0 Å². The number of anilines is 1. The molecular formula is C15H24N2. The summed E-state index contributed by atoms with van der Waals surface area (Å²) in [6.45, 7) is 4.48. The van der Waals surface area contributed by atoms with E-state index in [1.807, 2.05) is 0 Å². The predicted octanol–water partition coefficient (Wildman–Crippen LogP) is 2.96. The molecule has 0 radical (unpaired) electrons. The molecule has 0 saturated carbocycles. The van der Waals surface area contributed by atoms with Crippen LogP contribution in [0.1, 0.15) is 31.2 Å². The summed E-state index contributed by atoms with van der Waals surface area (Å²) in [5.41, 5.74) is 2.66. The molecule has 0 spiro atoms.